The molecule has 0 radical (unpaired) electrons. The summed E-state index contributed by atoms with van der Waals surface area (Å²) >= 11 is 1.27. The molecule has 45 heavy (non-hydrogen) atoms. The third-order valence-corrected chi connectivity index (χ3v) is 11.6. The molecule has 0 unspecified atom stereocenters. The molecule has 4 aliphatic rings. The van der Waals surface area contributed by atoms with Gasteiger partial charge in [-0.2, -0.15) is 0 Å². The van der Waals surface area contributed by atoms with E-state index in [1.807, 2.05) is 11.1 Å². The Balaban J connectivity index is 1.03. The van der Waals surface area contributed by atoms with Crippen LogP contribution in [0.4, 0.5) is 5.82 Å². The van der Waals surface area contributed by atoms with Gasteiger partial charge < -0.3 is 29.8 Å². The lowest BCUT2D eigenvalue weighted by molar-refractivity contribution is -0.148. The molecule has 3 N–H and O–H groups in total. The largest absolute Gasteiger partial charge is 0.356 e. The lowest BCUT2D eigenvalue weighted by atomic mass is 9.91. The summed E-state index contributed by atoms with van der Waals surface area (Å²) in [6, 6.07) is 5.47. The van der Waals surface area contributed by atoms with Crippen LogP contribution in [0, 0.1) is 5.92 Å². The van der Waals surface area contributed by atoms with E-state index in [9.17, 15) is 28.7 Å². The number of nitrogens with zero attached hydrogens (tertiary/aromatic N) is 5. The van der Waals surface area contributed by atoms with Gasteiger partial charge in [-0.1, -0.05) is 13.0 Å². The second-order valence-corrected chi connectivity index (χ2v) is 15.7. The number of nitrogens with one attached hydrogen (secondary N) is 1. The summed E-state index contributed by atoms with van der Waals surface area (Å²) < 4.78 is 12.3. The Morgan fingerprint density at radius 2 is 1.93 bits per heavy atom. The smallest absolute Gasteiger partial charge is 0.329 e. The number of hydrogen-bond donors (Lipinski definition) is 3. The molecule has 7 rings (SSSR count). The average molecular weight is 653 g/mol. The molecule has 4 atom stereocenters. The Morgan fingerprint density at radius 1 is 1.13 bits per heavy atom. The highest BCUT2D eigenvalue weighted by Crippen LogP contribution is 2.41. The molecule has 0 spiro atoms. The van der Waals surface area contributed by atoms with Crippen LogP contribution in [0.5, 0.6) is 0 Å². The van der Waals surface area contributed by atoms with Gasteiger partial charge in [0.25, 0.3) is 5.91 Å². The first kappa shape index (κ1) is 30.3. The molecule has 0 bridgehead atoms. The minimum absolute atomic E-state index is 0.0281. The predicted molar refractivity (Wildman–Crippen MR) is 169 cm³/mol. The first-order chi connectivity index (χ1) is 21.5. The van der Waals surface area contributed by atoms with E-state index in [-0.39, 0.29) is 41.8 Å². The number of fused-ring (bicyclic) bond motifs is 2. The number of carbonyl (C=O) groups is 3. The fraction of sp³-hybridized carbons (Fsp3) is 0.516. The van der Waals surface area contributed by atoms with E-state index in [4.69, 9.17) is 0 Å². The number of likely N-dealkylation sites (tertiary alicyclic amines) is 1. The highest BCUT2D eigenvalue weighted by atomic mass is 32.1. The number of amides is 3. The minimum atomic E-state index is -4.22. The second-order valence-electron chi connectivity index (χ2n) is 13.0. The van der Waals surface area contributed by atoms with Gasteiger partial charge in [-0.05, 0) is 67.2 Å². The Hall–Kier alpha value is -3.38. The summed E-state index contributed by atoms with van der Waals surface area (Å²) in [5.41, 5.74) is 1.57. The second kappa shape index (κ2) is 11.8. The van der Waals surface area contributed by atoms with Crippen LogP contribution >= 0.6 is 18.9 Å². The van der Waals surface area contributed by atoms with Crippen LogP contribution in [0.2, 0.25) is 0 Å². The quantitative estimate of drug-likeness (QED) is 0.327. The normalized spacial score (nSPS) is 25.5. The number of benzene rings is 1. The van der Waals surface area contributed by atoms with Crippen molar-refractivity contribution in [3.63, 3.8) is 0 Å². The van der Waals surface area contributed by atoms with Crippen molar-refractivity contribution in [1.29, 1.82) is 0 Å². The lowest BCUT2D eigenvalue weighted by Gasteiger charge is -2.44. The number of carbonyl (C=O) groups excluding carboxylic acids is 3. The van der Waals surface area contributed by atoms with Gasteiger partial charge in [0.1, 0.15) is 24.2 Å². The van der Waals surface area contributed by atoms with E-state index in [1.165, 1.54) is 11.3 Å². The van der Waals surface area contributed by atoms with Crippen LogP contribution in [-0.2, 0) is 20.3 Å². The van der Waals surface area contributed by atoms with E-state index in [0.29, 0.717) is 41.8 Å². The third-order valence-electron chi connectivity index (χ3n) is 9.66. The number of anilines is 1. The average Bonchev–Trinajstić information content (AvgIpc) is 3.52. The maximum absolute atomic E-state index is 14.0. The summed E-state index contributed by atoms with van der Waals surface area (Å²) in [6.07, 6.45) is 6.89. The maximum atomic E-state index is 14.0. The van der Waals surface area contributed by atoms with E-state index >= 15 is 0 Å². The molecular formula is C31H37N6O6PS. The topological polar surface area (TPSA) is 156 Å². The van der Waals surface area contributed by atoms with Gasteiger partial charge in [0, 0.05) is 54.6 Å². The van der Waals surface area contributed by atoms with Gasteiger partial charge in [0.15, 0.2) is 0 Å². The van der Waals surface area contributed by atoms with Gasteiger partial charge >= 0.3 is 7.60 Å². The predicted octanol–water partition coefficient (Wildman–Crippen LogP) is 3.09. The van der Waals surface area contributed by atoms with Crippen LogP contribution in [-0.4, -0.2) is 91.6 Å². The highest BCUT2D eigenvalue weighted by Gasteiger charge is 2.49. The van der Waals surface area contributed by atoms with Crippen LogP contribution in [0.3, 0.4) is 0 Å². The molecule has 1 aromatic carbocycles. The molecule has 2 aromatic heterocycles. The molecular weight excluding hydrogens is 615 g/mol. The molecule has 4 saturated heterocycles. The number of aromatic nitrogens is 2. The molecule has 4 fully saturated rings. The zero-order valence-corrected chi connectivity index (χ0v) is 26.8. The number of rotatable bonds is 7. The molecule has 238 valence electrons. The summed E-state index contributed by atoms with van der Waals surface area (Å²) in [5, 5.41) is 3.68. The van der Waals surface area contributed by atoms with E-state index in [2.05, 4.69) is 27.1 Å². The van der Waals surface area contributed by atoms with E-state index in [0.717, 1.165) is 48.4 Å². The first-order valence-corrected chi connectivity index (χ1v) is 18.2. The van der Waals surface area contributed by atoms with Crippen molar-refractivity contribution in [1.82, 2.24) is 25.1 Å². The highest BCUT2D eigenvalue weighted by molar-refractivity contribution is 7.50. The third kappa shape index (κ3) is 5.98. The van der Waals surface area contributed by atoms with Crippen molar-refractivity contribution in [2.45, 2.75) is 69.2 Å². The monoisotopic (exact) mass is 652 g/mol. The summed E-state index contributed by atoms with van der Waals surface area (Å²) in [6.45, 7) is 5.21. The van der Waals surface area contributed by atoms with Crippen molar-refractivity contribution in [2.24, 2.45) is 5.92 Å². The Kier molecular flexibility index (Phi) is 7.92. The van der Waals surface area contributed by atoms with Gasteiger partial charge in [-0.25, -0.2) is 9.97 Å². The van der Waals surface area contributed by atoms with Crippen LogP contribution in [0.1, 0.15) is 65.7 Å². The van der Waals surface area contributed by atoms with Crippen LogP contribution in [0.15, 0.2) is 36.8 Å². The molecule has 0 saturated carbocycles. The molecule has 6 heterocycles. The molecule has 4 aliphatic heterocycles. The van der Waals surface area contributed by atoms with Crippen LogP contribution in [0.25, 0.3) is 10.1 Å². The first-order valence-electron chi connectivity index (χ1n) is 15.6. The lowest BCUT2D eigenvalue weighted by Crippen LogP contribution is -2.58. The van der Waals surface area contributed by atoms with Crippen molar-refractivity contribution >= 4 is 52.6 Å². The summed E-state index contributed by atoms with van der Waals surface area (Å²) in [5.74, 6) is 0.722. The van der Waals surface area contributed by atoms with Gasteiger partial charge in [0.05, 0.1) is 11.0 Å². The summed E-state index contributed by atoms with van der Waals surface area (Å²) in [7, 11) is -4.22. The van der Waals surface area contributed by atoms with Crippen molar-refractivity contribution in [3.05, 3.63) is 52.8 Å². The fourth-order valence-electron chi connectivity index (χ4n) is 7.31. The zero-order valence-electron chi connectivity index (χ0n) is 25.0. The van der Waals surface area contributed by atoms with Gasteiger partial charge in [0.2, 0.25) is 11.8 Å². The number of hydrogen-bond acceptors (Lipinski definition) is 8. The zero-order chi connectivity index (χ0) is 31.5. The standard InChI is InChI=1S/C31H37N6O6PS/c1-18-9-22-4-5-25(31(40)36-14-21(15-36)23-13-32-17-33-28(23)35-7-2-8-35)37(22)30(39)24(10-18)34-29(38)27-12-20-11-19(16-44(41,42)43)3-6-26(20)45-27/h3,6,11-13,17-18,21-22,24-25H,2,4-5,7-10,14-16H2,1H3,(H,34,38)(H2,41,42,43)/t18-,22+,24-,25-/m0/s1. The Morgan fingerprint density at radius 3 is 2.67 bits per heavy atom. The molecule has 3 amide bonds. The molecule has 3 aromatic rings. The molecule has 14 heteroatoms. The molecule has 12 nitrogen and oxygen atoms in total. The SMILES string of the molecule is C[C@H]1C[C@H]2CC[C@@H](C(=O)N3CC(c4cncnc4N4CCC4)C3)N2C(=O)[C@@H](NC(=O)c2cc3cc(CP(=O)(O)O)ccc3s2)C1. The molecule has 0 aliphatic carbocycles. The van der Waals surface area contributed by atoms with Gasteiger partial charge in [-0.3, -0.25) is 18.9 Å². The summed E-state index contributed by atoms with van der Waals surface area (Å²) in [4.78, 5) is 74.9. The number of thiophene rings is 1. The fourth-order valence-corrected chi connectivity index (χ4v) is 8.92. The minimum Gasteiger partial charge on any atom is -0.356 e. The van der Waals surface area contributed by atoms with Gasteiger partial charge in [-0.15, -0.1) is 11.3 Å². The maximum Gasteiger partial charge on any atom is 0.329 e. The van der Waals surface area contributed by atoms with Crippen LogP contribution < -0.4 is 10.2 Å². The van der Waals surface area contributed by atoms with E-state index < -0.39 is 19.7 Å². The Labute approximate surface area is 265 Å². The Bertz CT molecular complexity index is 1700. The van der Waals surface area contributed by atoms with Crippen molar-refractivity contribution in [3.8, 4) is 0 Å². The van der Waals surface area contributed by atoms with E-state index in [1.54, 1.807) is 35.5 Å². The van der Waals surface area contributed by atoms with Crippen molar-refractivity contribution in [2.75, 3.05) is 31.1 Å². The van der Waals surface area contributed by atoms with Crippen molar-refractivity contribution < 1.29 is 28.7 Å².